The molecule has 8 heteroatoms. The lowest BCUT2D eigenvalue weighted by Crippen LogP contribution is -2.14. The highest BCUT2D eigenvalue weighted by Crippen LogP contribution is 2.17. The normalized spacial score (nSPS) is 10.9. The second-order valence-corrected chi connectivity index (χ2v) is 7.63. The highest BCUT2D eigenvalue weighted by molar-refractivity contribution is 7.92. The zero-order valence-electron chi connectivity index (χ0n) is 15.2. The van der Waals surface area contributed by atoms with Crippen LogP contribution in [0.15, 0.2) is 48.5 Å². The number of ketones is 1. The van der Waals surface area contributed by atoms with Gasteiger partial charge in [-0.3, -0.25) is 14.3 Å². The molecule has 2 aromatic rings. The van der Waals surface area contributed by atoms with Crippen molar-refractivity contribution in [3.05, 3.63) is 54.1 Å². The van der Waals surface area contributed by atoms with Gasteiger partial charge in [-0.1, -0.05) is 6.07 Å². The van der Waals surface area contributed by atoms with Crippen molar-refractivity contribution in [2.45, 2.75) is 19.8 Å². The van der Waals surface area contributed by atoms with Crippen molar-refractivity contribution in [1.82, 2.24) is 0 Å². The molecule has 2 N–H and O–H groups in total. The zero-order chi connectivity index (χ0) is 19.9. The molecule has 0 aliphatic heterocycles. The summed E-state index contributed by atoms with van der Waals surface area (Å²) in [6.07, 6.45) is 1.14. The number of nitrogens with one attached hydrogen (secondary N) is 2. The Kier molecular flexibility index (Phi) is 6.95. The molecule has 2 rings (SSSR count). The van der Waals surface area contributed by atoms with Crippen LogP contribution >= 0.6 is 0 Å². The Bertz CT molecular complexity index is 908. The molecule has 1 amide bonds. The monoisotopic (exact) mass is 390 g/mol. The number of amides is 1. The van der Waals surface area contributed by atoms with Crippen LogP contribution < -0.4 is 14.8 Å². The lowest BCUT2D eigenvalue weighted by molar-refractivity contribution is -0.116. The quantitative estimate of drug-likeness (QED) is 0.641. The van der Waals surface area contributed by atoms with E-state index < -0.39 is 10.0 Å². The predicted molar refractivity (Wildman–Crippen MR) is 105 cm³/mol. The Morgan fingerprint density at radius 2 is 1.67 bits per heavy atom. The molecule has 0 aromatic heterocycles. The second-order valence-electron chi connectivity index (χ2n) is 5.88. The average molecular weight is 390 g/mol. The van der Waals surface area contributed by atoms with Gasteiger partial charge < -0.3 is 10.1 Å². The predicted octanol–water partition coefficient (Wildman–Crippen LogP) is 3.06. The van der Waals surface area contributed by atoms with Gasteiger partial charge in [0.25, 0.3) is 0 Å². The van der Waals surface area contributed by atoms with E-state index in [0.717, 1.165) is 6.26 Å². The summed E-state index contributed by atoms with van der Waals surface area (Å²) in [4.78, 5) is 24.2. The van der Waals surface area contributed by atoms with Crippen molar-refractivity contribution in [3.63, 3.8) is 0 Å². The number of carbonyl (C=O) groups excluding carboxylic acids is 2. The van der Waals surface area contributed by atoms with E-state index in [1.54, 1.807) is 42.5 Å². The third kappa shape index (κ3) is 7.10. The first-order chi connectivity index (χ1) is 12.8. The Hall–Kier alpha value is -2.87. The molecule has 0 fully saturated rings. The average Bonchev–Trinajstić information content (AvgIpc) is 2.59. The maximum Gasteiger partial charge on any atom is 0.229 e. The van der Waals surface area contributed by atoms with Crippen molar-refractivity contribution in [2.75, 3.05) is 22.9 Å². The SMILES string of the molecule is CCOc1ccc(C(=O)CCC(=O)Nc2cccc(NS(C)(=O)=O)c2)cc1. The number of sulfonamides is 1. The third-order valence-corrected chi connectivity index (χ3v) is 4.12. The van der Waals surface area contributed by atoms with Crippen LogP contribution in [0.5, 0.6) is 5.75 Å². The first kappa shape index (κ1) is 20.4. The second kappa shape index (κ2) is 9.18. The molecular formula is C19H22N2O5S. The Balaban J connectivity index is 1.88. The number of anilines is 2. The molecule has 7 nitrogen and oxygen atoms in total. The summed E-state index contributed by atoms with van der Waals surface area (Å²) in [7, 11) is -3.40. The first-order valence-electron chi connectivity index (χ1n) is 8.40. The summed E-state index contributed by atoms with van der Waals surface area (Å²) in [5.41, 5.74) is 1.31. The van der Waals surface area contributed by atoms with E-state index in [-0.39, 0.29) is 24.5 Å². The van der Waals surface area contributed by atoms with Crippen molar-refractivity contribution < 1.29 is 22.7 Å². The molecule has 0 unspecified atom stereocenters. The summed E-state index contributed by atoms with van der Waals surface area (Å²) >= 11 is 0. The summed E-state index contributed by atoms with van der Waals surface area (Å²) < 4.78 is 30.2. The molecule has 0 radical (unpaired) electrons. The minimum Gasteiger partial charge on any atom is -0.494 e. The molecule has 0 aliphatic carbocycles. The van der Waals surface area contributed by atoms with Crippen LogP contribution in [0.3, 0.4) is 0 Å². The maximum absolute atomic E-state index is 12.2. The molecule has 27 heavy (non-hydrogen) atoms. The number of carbonyl (C=O) groups is 2. The van der Waals surface area contributed by atoms with Crippen LogP contribution in [0.25, 0.3) is 0 Å². The van der Waals surface area contributed by atoms with Gasteiger partial charge in [0.05, 0.1) is 18.6 Å². The van der Waals surface area contributed by atoms with Crippen molar-refractivity contribution >= 4 is 33.1 Å². The fraction of sp³-hybridized carbons (Fsp3) is 0.263. The standard InChI is InChI=1S/C19H22N2O5S/c1-3-26-17-9-7-14(8-10-17)18(22)11-12-19(23)20-15-5-4-6-16(13-15)21-27(2,24)25/h4-10,13,21H,3,11-12H2,1-2H3,(H,20,23). The van der Waals surface area contributed by atoms with Gasteiger partial charge in [-0.2, -0.15) is 0 Å². The lowest BCUT2D eigenvalue weighted by Gasteiger charge is -2.08. The van der Waals surface area contributed by atoms with Crippen LogP contribution in [0.1, 0.15) is 30.1 Å². The van der Waals surface area contributed by atoms with E-state index in [9.17, 15) is 18.0 Å². The number of Topliss-reactive ketones (excluding diaryl/α,β-unsaturated/α-hetero) is 1. The maximum atomic E-state index is 12.2. The summed E-state index contributed by atoms with van der Waals surface area (Å²) in [5, 5.41) is 2.65. The molecule has 0 spiro atoms. The third-order valence-electron chi connectivity index (χ3n) is 3.52. The Morgan fingerprint density at radius 3 is 2.30 bits per heavy atom. The molecule has 0 heterocycles. The smallest absolute Gasteiger partial charge is 0.229 e. The fourth-order valence-electron chi connectivity index (χ4n) is 2.37. The fourth-order valence-corrected chi connectivity index (χ4v) is 2.93. The van der Waals surface area contributed by atoms with Crippen molar-refractivity contribution in [3.8, 4) is 5.75 Å². The van der Waals surface area contributed by atoms with Crippen LogP contribution in [0.4, 0.5) is 11.4 Å². The van der Waals surface area contributed by atoms with Crippen LogP contribution in [-0.2, 0) is 14.8 Å². The van der Waals surface area contributed by atoms with Gasteiger partial charge in [0.2, 0.25) is 15.9 Å². The largest absolute Gasteiger partial charge is 0.494 e. The van der Waals surface area contributed by atoms with Gasteiger partial charge in [0.1, 0.15) is 5.75 Å². The van der Waals surface area contributed by atoms with E-state index in [0.29, 0.717) is 29.3 Å². The minimum atomic E-state index is -3.40. The van der Waals surface area contributed by atoms with Crippen molar-refractivity contribution in [1.29, 1.82) is 0 Å². The van der Waals surface area contributed by atoms with Gasteiger partial charge >= 0.3 is 0 Å². The molecule has 0 bridgehead atoms. The topological polar surface area (TPSA) is 102 Å². The van der Waals surface area contributed by atoms with Gasteiger partial charge in [-0.05, 0) is 49.4 Å². The van der Waals surface area contributed by atoms with E-state index in [2.05, 4.69) is 10.0 Å². The summed E-state index contributed by atoms with van der Waals surface area (Å²) in [5.74, 6) is 0.223. The number of hydrogen-bond donors (Lipinski definition) is 2. The highest BCUT2D eigenvalue weighted by atomic mass is 32.2. The summed E-state index contributed by atoms with van der Waals surface area (Å²) in [6.45, 7) is 2.43. The Labute approximate surface area is 158 Å². The van der Waals surface area contributed by atoms with E-state index in [4.69, 9.17) is 4.74 Å². The van der Waals surface area contributed by atoms with E-state index in [1.165, 1.54) is 6.07 Å². The number of benzene rings is 2. The van der Waals surface area contributed by atoms with Crippen LogP contribution in [-0.4, -0.2) is 33.0 Å². The molecule has 2 aromatic carbocycles. The molecule has 0 atom stereocenters. The van der Waals surface area contributed by atoms with Gasteiger partial charge in [0, 0.05) is 24.1 Å². The lowest BCUT2D eigenvalue weighted by atomic mass is 10.1. The molecule has 0 aliphatic rings. The van der Waals surface area contributed by atoms with Crippen molar-refractivity contribution in [2.24, 2.45) is 0 Å². The van der Waals surface area contributed by atoms with Crippen LogP contribution in [0, 0.1) is 0 Å². The summed E-state index contributed by atoms with van der Waals surface area (Å²) in [6, 6.07) is 13.1. The number of rotatable bonds is 9. The molecule has 0 saturated carbocycles. The first-order valence-corrected chi connectivity index (χ1v) is 10.3. The number of hydrogen-bond acceptors (Lipinski definition) is 5. The Morgan fingerprint density at radius 1 is 1.00 bits per heavy atom. The van der Waals surface area contributed by atoms with Gasteiger partial charge in [-0.15, -0.1) is 0 Å². The van der Waals surface area contributed by atoms with E-state index >= 15 is 0 Å². The van der Waals surface area contributed by atoms with Gasteiger partial charge in [-0.25, -0.2) is 8.42 Å². The highest BCUT2D eigenvalue weighted by Gasteiger charge is 2.10. The molecular weight excluding hydrogens is 368 g/mol. The van der Waals surface area contributed by atoms with Gasteiger partial charge in [0.15, 0.2) is 5.78 Å². The molecule has 0 saturated heterocycles. The molecule has 144 valence electrons. The zero-order valence-corrected chi connectivity index (χ0v) is 16.0. The number of ether oxygens (including phenoxy) is 1. The van der Waals surface area contributed by atoms with E-state index in [1.807, 2.05) is 6.92 Å². The minimum absolute atomic E-state index is 0.0236. The van der Waals surface area contributed by atoms with Crippen LogP contribution in [0.2, 0.25) is 0 Å².